The molecule has 0 atom stereocenters. The van der Waals surface area contributed by atoms with Gasteiger partial charge in [0.05, 0.1) is 10.5 Å². The van der Waals surface area contributed by atoms with Gasteiger partial charge in [-0.25, -0.2) is 17.5 Å². The van der Waals surface area contributed by atoms with Crippen LogP contribution in [0.4, 0.5) is 0 Å². The summed E-state index contributed by atoms with van der Waals surface area (Å²) in [4.78, 5) is 11.1. The average Bonchev–Trinajstić information content (AvgIpc) is 3.11. The fraction of sp³-hybridized carbons (Fsp3) is 0.417. The van der Waals surface area contributed by atoms with Gasteiger partial charge >= 0.3 is 5.97 Å². The molecule has 0 amide bonds. The largest absolute Gasteiger partial charge is 0.478 e. The van der Waals surface area contributed by atoms with E-state index in [0.717, 1.165) is 22.7 Å². The first-order chi connectivity index (χ1) is 8.34. The molecule has 6 heteroatoms. The molecule has 1 fully saturated rings. The zero-order valence-electron chi connectivity index (χ0n) is 10.3. The molecule has 0 radical (unpaired) electrons. The van der Waals surface area contributed by atoms with Crippen LogP contribution in [0.15, 0.2) is 23.1 Å². The summed E-state index contributed by atoms with van der Waals surface area (Å²) in [6, 6.07) is 4.34. The molecule has 1 aromatic rings. The lowest BCUT2D eigenvalue weighted by Crippen LogP contribution is -2.23. The van der Waals surface area contributed by atoms with Gasteiger partial charge in [-0.2, -0.15) is 0 Å². The summed E-state index contributed by atoms with van der Waals surface area (Å²) in [7, 11) is -0.711. The molecule has 0 unspecified atom stereocenters. The maximum atomic E-state index is 12.2. The molecular formula is C12H15NO4S. The molecule has 1 aliphatic carbocycles. The van der Waals surface area contributed by atoms with E-state index in [1.807, 2.05) is 0 Å². The number of sulfonamides is 1. The van der Waals surface area contributed by atoms with Gasteiger partial charge in [0.25, 0.3) is 0 Å². The van der Waals surface area contributed by atoms with Crippen molar-refractivity contribution in [1.82, 2.24) is 4.31 Å². The fourth-order valence-electron chi connectivity index (χ4n) is 1.82. The molecule has 1 aliphatic rings. The molecule has 0 aliphatic heterocycles. The van der Waals surface area contributed by atoms with Gasteiger partial charge in [-0.1, -0.05) is 6.07 Å². The highest BCUT2D eigenvalue weighted by molar-refractivity contribution is 7.89. The van der Waals surface area contributed by atoms with Crippen LogP contribution in [0.1, 0.15) is 34.7 Å². The van der Waals surface area contributed by atoms with Crippen LogP contribution in [0.5, 0.6) is 0 Å². The number of rotatable bonds is 4. The molecule has 0 bridgehead atoms. The topological polar surface area (TPSA) is 74.7 Å². The molecule has 98 valence electrons. The van der Waals surface area contributed by atoms with E-state index >= 15 is 0 Å². The monoisotopic (exact) mass is 269 g/mol. The molecule has 1 saturated carbocycles. The predicted molar refractivity (Wildman–Crippen MR) is 66.2 cm³/mol. The Kier molecular flexibility index (Phi) is 3.16. The van der Waals surface area contributed by atoms with Crippen molar-refractivity contribution in [2.75, 3.05) is 14.1 Å². The summed E-state index contributed by atoms with van der Waals surface area (Å²) in [5, 5.41) is 8.95. The number of carboxylic acids is 1. The van der Waals surface area contributed by atoms with Crippen molar-refractivity contribution in [2.45, 2.75) is 23.7 Å². The summed E-state index contributed by atoms with van der Waals surface area (Å²) < 4.78 is 25.5. The van der Waals surface area contributed by atoms with Gasteiger partial charge in [-0.15, -0.1) is 0 Å². The minimum Gasteiger partial charge on any atom is -0.478 e. The van der Waals surface area contributed by atoms with Crippen LogP contribution in [0, 0.1) is 0 Å². The SMILES string of the molecule is CN(C)S(=O)(=O)c1cc(C(=O)O)ccc1C1CC1. The van der Waals surface area contributed by atoms with Crippen LogP contribution in [-0.4, -0.2) is 37.9 Å². The maximum absolute atomic E-state index is 12.2. The second kappa shape index (κ2) is 4.37. The Hall–Kier alpha value is -1.40. The van der Waals surface area contributed by atoms with E-state index < -0.39 is 16.0 Å². The zero-order chi connectivity index (χ0) is 13.5. The molecule has 0 aromatic heterocycles. The predicted octanol–water partition coefficient (Wildman–Crippen LogP) is 1.51. The van der Waals surface area contributed by atoms with E-state index in [0.29, 0.717) is 0 Å². The minimum atomic E-state index is -3.60. The number of hydrogen-bond acceptors (Lipinski definition) is 3. The third-order valence-electron chi connectivity index (χ3n) is 3.04. The van der Waals surface area contributed by atoms with Crippen LogP contribution in [-0.2, 0) is 10.0 Å². The van der Waals surface area contributed by atoms with Crippen molar-refractivity contribution in [3.63, 3.8) is 0 Å². The van der Waals surface area contributed by atoms with Crippen molar-refractivity contribution < 1.29 is 18.3 Å². The molecule has 0 heterocycles. The Labute approximate surface area is 106 Å². The molecule has 1 N–H and O–H groups in total. The summed E-state index contributed by atoms with van der Waals surface area (Å²) >= 11 is 0. The quantitative estimate of drug-likeness (QED) is 0.899. The number of carboxylic acid groups (broad SMARTS) is 1. The van der Waals surface area contributed by atoms with Crippen molar-refractivity contribution in [2.24, 2.45) is 0 Å². The van der Waals surface area contributed by atoms with Crippen LogP contribution in [0.3, 0.4) is 0 Å². The van der Waals surface area contributed by atoms with Crippen molar-refractivity contribution >= 4 is 16.0 Å². The first-order valence-electron chi connectivity index (χ1n) is 5.64. The van der Waals surface area contributed by atoms with E-state index in [1.165, 1.54) is 26.2 Å². The highest BCUT2D eigenvalue weighted by Crippen LogP contribution is 2.43. The molecule has 0 spiro atoms. The fourth-order valence-corrected chi connectivity index (χ4v) is 3.02. The highest BCUT2D eigenvalue weighted by atomic mass is 32.2. The Morgan fingerprint density at radius 3 is 2.39 bits per heavy atom. The lowest BCUT2D eigenvalue weighted by molar-refractivity contribution is 0.0696. The molecule has 0 saturated heterocycles. The molecule has 5 nitrogen and oxygen atoms in total. The summed E-state index contributed by atoms with van der Waals surface area (Å²) in [6.07, 6.45) is 1.92. The highest BCUT2D eigenvalue weighted by Gasteiger charge is 2.31. The van der Waals surface area contributed by atoms with E-state index in [2.05, 4.69) is 0 Å². The van der Waals surface area contributed by atoms with Gasteiger partial charge < -0.3 is 5.11 Å². The van der Waals surface area contributed by atoms with Crippen molar-refractivity contribution in [3.05, 3.63) is 29.3 Å². The van der Waals surface area contributed by atoms with Gasteiger partial charge in [0.2, 0.25) is 10.0 Å². The van der Waals surface area contributed by atoms with Crippen molar-refractivity contribution in [3.8, 4) is 0 Å². The van der Waals surface area contributed by atoms with E-state index in [-0.39, 0.29) is 16.4 Å². The van der Waals surface area contributed by atoms with E-state index in [4.69, 9.17) is 5.11 Å². The Bertz CT molecular complexity index is 588. The Balaban J connectivity index is 2.61. The third kappa shape index (κ3) is 2.26. The van der Waals surface area contributed by atoms with Gasteiger partial charge in [0.15, 0.2) is 0 Å². The summed E-state index contributed by atoms with van der Waals surface area (Å²) in [5.74, 6) is -0.870. The lowest BCUT2D eigenvalue weighted by atomic mass is 10.1. The lowest BCUT2D eigenvalue weighted by Gasteiger charge is -2.15. The van der Waals surface area contributed by atoms with Gasteiger partial charge in [-0.05, 0) is 36.5 Å². The number of hydrogen-bond donors (Lipinski definition) is 1. The number of carbonyl (C=O) groups is 1. The van der Waals surface area contributed by atoms with Crippen LogP contribution in [0.2, 0.25) is 0 Å². The second-order valence-corrected chi connectivity index (χ2v) is 6.74. The van der Waals surface area contributed by atoms with Crippen molar-refractivity contribution in [1.29, 1.82) is 0 Å². The molecule has 18 heavy (non-hydrogen) atoms. The third-order valence-corrected chi connectivity index (χ3v) is 4.91. The van der Waals surface area contributed by atoms with Gasteiger partial charge in [0.1, 0.15) is 0 Å². The Morgan fingerprint density at radius 1 is 1.33 bits per heavy atom. The van der Waals surface area contributed by atoms with Crippen LogP contribution >= 0.6 is 0 Å². The number of benzene rings is 1. The zero-order valence-corrected chi connectivity index (χ0v) is 11.1. The molecule has 1 aromatic carbocycles. The first-order valence-corrected chi connectivity index (χ1v) is 7.08. The Morgan fingerprint density at radius 2 is 1.94 bits per heavy atom. The number of aromatic carboxylic acids is 1. The molecule has 2 rings (SSSR count). The summed E-state index contributed by atoms with van der Waals surface area (Å²) in [6.45, 7) is 0. The normalized spacial score (nSPS) is 15.9. The summed E-state index contributed by atoms with van der Waals surface area (Å²) in [5.41, 5.74) is 0.730. The molecular weight excluding hydrogens is 254 g/mol. The number of nitrogens with zero attached hydrogens (tertiary/aromatic N) is 1. The van der Waals surface area contributed by atoms with E-state index in [9.17, 15) is 13.2 Å². The van der Waals surface area contributed by atoms with Crippen LogP contribution in [0.25, 0.3) is 0 Å². The maximum Gasteiger partial charge on any atom is 0.335 e. The average molecular weight is 269 g/mol. The van der Waals surface area contributed by atoms with Gasteiger partial charge in [0, 0.05) is 14.1 Å². The van der Waals surface area contributed by atoms with Gasteiger partial charge in [-0.3, -0.25) is 0 Å². The van der Waals surface area contributed by atoms with E-state index in [1.54, 1.807) is 6.07 Å². The minimum absolute atomic E-state index is 0.000162. The standard InChI is InChI=1S/C12H15NO4S/c1-13(2)18(16,17)11-7-9(12(14)15)5-6-10(11)8-3-4-8/h5-8H,3-4H2,1-2H3,(H,14,15). The first kappa shape index (κ1) is 13.0. The smallest absolute Gasteiger partial charge is 0.335 e. The van der Waals surface area contributed by atoms with Crippen LogP contribution < -0.4 is 0 Å². The second-order valence-electron chi connectivity index (χ2n) is 4.62.